The van der Waals surface area contributed by atoms with Crippen LogP contribution in [0.1, 0.15) is 30.6 Å². The van der Waals surface area contributed by atoms with Gasteiger partial charge in [-0.3, -0.25) is 9.78 Å². The Morgan fingerprint density at radius 1 is 1.35 bits per heavy atom. The lowest BCUT2D eigenvalue weighted by Crippen LogP contribution is -2.32. The molecule has 1 saturated heterocycles. The van der Waals surface area contributed by atoms with E-state index in [0.29, 0.717) is 17.4 Å². The Hall–Kier alpha value is -1.94. The van der Waals surface area contributed by atoms with Crippen molar-refractivity contribution in [2.24, 2.45) is 11.8 Å². The Kier molecular flexibility index (Phi) is 4.91. The molecule has 0 spiro atoms. The summed E-state index contributed by atoms with van der Waals surface area (Å²) in [5.41, 5.74) is 1.44. The molecule has 0 unspecified atom stereocenters. The van der Waals surface area contributed by atoms with Gasteiger partial charge in [0.1, 0.15) is 0 Å². The van der Waals surface area contributed by atoms with Crippen molar-refractivity contribution in [3.05, 3.63) is 42.1 Å². The second-order valence-corrected chi connectivity index (χ2v) is 6.90. The van der Waals surface area contributed by atoms with E-state index in [-0.39, 0.29) is 5.91 Å². The van der Waals surface area contributed by atoms with E-state index < -0.39 is 0 Å². The van der Waals surface area contributed by atoms with Crippen molar-refractivity contribution in [2.45, 2.75) is 20.3 Å². The van der Waals surface area contributed by atoms with Crippen LogP contribution in [0.4, 0.5) is 0 Å². The van der Waals surface area contributed by atoms with Crippen LogP contribution in [0.25, 0.3) is 10.9 Å². The van der Waals surface area contributed by atoms with E-state index in [1.807, 2.05) is 30.3 Å². The van der Waals surface area contributed by atoms with Gasteiger partial charge < -0.3 is 10.2 Å². The molecule has 1 N–H and O–H groups in total. The second-order valence-electron chi connectivity index (χ2n) is 6.90. The van der Waals surface area contributed by atoms with Crippen molar-refractivity contribution in [2.75, 3.05) is 26.2 Å². The molecule has 0 bridgehead atoms. The fourth-order valence-corrected chi connectivity index (χ4v) is 3.38. The van der Waals surface area contributed by atoms with Gasteiger partial charge >= 0.3 is 0 Å². The first-order chi connectivity index (χ1) is 11.1. The Labute approximate surface area is 137 Å². The van der Waals surface area contributed by atoms with Crippen molar-refractivity contribution in [1.82, 2.24) is 15.2 Å². The number of carbonyl (C=O) groups is 1. The number of nitrogens with zero attached hydrogens (tertiary/aromatic N) is 2. The third kappa shape index (κ3) is 3.88. The molecule has 2 aromatic rings. The molecule has 3 rings (SSSR count). The van der Waals surface area contributed by atoms with Crippen LogP contribution in [0.15, 0.2) is 36.5 Å². The van der Waals surface area contributed by atoms with Crippen LogP contribution in [-0.4, -0.2) is 42.0 Å². The Bertz CT molecular complexity index is 678. The summed E-state index contributed by atoms with van der Waals surface area (Å²) in [6, 6.07) is 9.63. The standard InChI is InChI=1S/C19H25N3O/c1-14(2)12-22-10-8-15(13-22)11-21-19(23)17-7-3-5-16-6-4-9-20-18(16)17/h3-7,9,14-15H,8,10-13H2,1-2H3,(H,21,23)/t15-/m1/s1. The number of nitrogens with one attached hydrogen (secondary N) is 1. The zero-order valence-corrected chi connectivity index (χ0v) is 14.0. The molecule has 4 nitrogen and oxygen atoms in total. The van der Waals surface area contributed by atoms with E-state index in [0.717, 1.165) is 37.1 Å². The fraction of sp³-hybridized carbons (Fsp3) is 0.474. The first kappa shape index (κ1) is 15.9. The van der Waals surface area contributed by atoms with Gasteiger partial charge in [-0.1, -0.05) is 32.0 Å². The van der Waals surface area contributed by atoms with Gasteiger partial charge in [-0.2, -0.15) is 0 Å². The molecular formula is C19H25N3O. The Morgan fingerprint density at radius 2 is 2.17 bits per heavy atom. The molecule has 0 radical (unpaired) electrons. The number of amides is 1. The average molecular weight is 311 g/mol. The van der Waals surface area contributed by atoms with Crippen molar-refractivity contribution >= 4 is 16.8 Å². The van der Waals surface area contributed by atoms with E-state index in [1.165, 1.54) is 6.42 Å². The van der Waals surface area contributed by atoms with Crippen LogP contribution < -0.4 is 5.32 Å². The fourth-order valence-electron chi connectivity index (χ4n) is 3.38. The summed E-state index contributed by atoms with van der Waals surface area (Å²) < 4.78 is 0. The molecule has 4 heteroatoms. The molecule has 1 aromatic carbocycles. The number of aromatic nitrogens is 1. The molecule has 2 heterocycles. The topological polar surface area (TPSA) is 45.2 Å². The number of likely N-dealkylation sites (tertiary alicyclic amines) is 1. The summed E-state index contributed by atoms with van der Waals surface area (Å²) >= 11 is 0. The van der Waals surface area contributed by atoms with E-state index in [1.54, 1.807) is 6.20 Å². The molecule has 23 heavy (non-hydrogen) atoms. The molecule has 0 saturated carbocycles. The molecule has 1 amide bonds. The van der Waals surface area contributed by atoms with Crippen LogP contribution in [-0.2, 0) is 0 Å². The monoisotopic (exact) mass is 311 g/mol. The second kappa shape index (κ2) is 7.09. The number of carbonyl (C=O) groups excluding carboxylic acids is 1. The highest BCUT2D eigenvalue weighted by molar-refractivity contribution is 6.05. The first-order valence-electron chi connectivity index (χ1n) is 8.48. The number of hydrogen-bond donors (Lipinski definition) is 1. The van der Waals surface area contributed by atoms with Crippen LogP contribution in [0, 0.1) is 11.8 Å². The number of pyridine rings is 1. The minimum Gasteiger partial charge on any atom is -0.352 e. The third-order valence-electron chi connectivity index (χ3n) is 4.42. The number of benzene rings is 1. The minimum atomic E-state index is -0.0170. The van der Waals surface area contributed by atoms with Gasteiger partial charge in [0.25, 0.3) is 5.91 Å². The number of hydrogen-bond acceptors (Lipinski definition) is 3. The summed E-state index contributed by atoms with van der Waals surface area (Å²) in [7, 11) is 0. The Balaban J connectivity index is 1.59. The van der Waals surface area contributed by atoms with E-state index in [4.69, 9.17) is 0 Å². The molecule has 1 aromatic heterocycles. The summed E-state index contributed by atoms with van der Waals surface area (Å²) in [6.45, 7) is 8.64. The predicted octanol–water partition coefficient (Wildman–Crippen LogP) is 2.94. The molecule has 1 aliphatic rings. The molecule has 122 valence electrons. The number of para-hydroxylation sites is 1. The molecule has 1 fully saturated rings. The summed E-state index contributed by atoms with van der Waals surface area (Å²) in [4.78, 5) is 19.4. The summed E-state index contributed by atoms with van der Waals surface area (Å²) in [5.74, 6) is 1.24. The SMILES string of the molecule is CC(C)CN1CC[C@H](CNC(=O)c2cccc3cccnc23)C1. The largest absolute Gasteiger partial charge is 0.352 e. The maximum atomic E-state index is 12.5. The number of rotatable bonds is 5. The maximum absolute atomic E-state index is 12.5. The van der Waals surface area contributed by atoms with Gasteiger partial charge in [0, 0.05) is 31.2 Å². The van der Waals surface area contributed by atoms with Gasteiger partial charge in [0.2, 0.25) is 0 Å². The molecule has 1 aliphatic heterocycles. The minimum absolute atomic E-state index is 0.0170. The van der Waals surface area contributed by atoms with Gasteiger partial charge in [-0.25, -0.2) is 0 Å². The zero-order chi connectivity index (χ0) is 16.2. The van der Waals surface area contributed by atoms with Gasteiger partial charge in [0.05, 0.1) is 11.1 Å². The van der Waals surface area contributed by atoms with Crippen molar-refractivity contribution in [1.29, 1.82) is 0 Å². The van der Waals surface area contributed by atoms with E-state index in [2.05, 4.69) is 29.0 Å². The van der Waals surface area contributed by atoms with Crippen molar-refractivity contribution < 1.29 is 4.79 Å². The lowest BCUT2D eigenvalue weighted by Gasteiger charge is -2.18. The smallest absolute Gasteiger partial charge is 0.253 e. The summed E-state index contributed by atoms with van der Waals surface area (Å²) in [6.07, 6.45) is 2.90. The Morgan fingerprint density at radius 3 is 3.00 bits per heavy atom. The van der Waals surface area contributed by atoms with Crippen molar-refractivity contribution in [3.63, 3.8) is 0 Å². The lowest BCUT2D eigenvalue weighted by molar-refractivity contribution is 0.0948. The van der Waals surface area contributed by atoms with Crippen molar-refractivity contribution in [3.8, 4) is 0 Å². The zero-order valence-electron chi connectivity index (χ0n) is 14.0. The van der Waals surface area contributed by atoms with Crippen LogP contribution in [0.3, 0.4) is 0 Å². The number of fused-ring (bicyclic) bond motifs is 1. The van der Waals surface area contributed by atoms with Crippen LogP contribution in [0.2, 0.25) is 0 Å². The average Bonchev–Trinajstić information content (AvgIpc) is 2.98. The first-order valence-corrected chi connectivity index (χ1v) is 8.48. The van der Waals surface area contributed by atoms with Crippen LogP contribution in [0.5, 0.6) is 0 Å². The lowest BCUT2D eigenvalue weighted by atomic mass is 10.1. The molecular weight excluding hydrogens is 286 g/mol. The van der Waals surface area contributed by atoms with Gasteiger partial charge in [-0.15, -0.1) is 0 Å². The predicted molar refractivity (Wildman–Crippen MR) is 93.5 cm³/mol. The van der Waals surface area contributed by atoms with Crippen LogP contribution >= 0.6 is 0 Å². The molecule has 1 atom stereocenters. The highest BCUT2D eigenvalue weighted by Crippen LogP contribution is 2.18. The highest BCUT2D eigenvalue weighted by atomic mass is 16.1. The summed E-state index contributed by atoms with van der Waals surface area (Å²) in [5, 5.41) is 4.11. The van der Waals surface area contributed by atoms with Gasteiger partial charge in [-0.05, 0) is 36.9 Å². The third-order valence-corrected chi connectivity index (χ3v) is 4.42. The van der Waals surface area contributed by atoms with Gasteiger partial charge in [0.15, 0.2) is 0 Å². The van der Waals surface area contributed by atoms with E-state index in [9.17, 15) is 4.79 Å². The normalized spacial score (nSPS) is 18.7. The maximum Gasteiger partial charge on any atom is 0.253 e. The quantitative estimate of drug-likeness (QED) is 0.923. The van der Waals surface area contributed by atoms with E-state index >= 15 is 0 Å². The molecule has 0 aliphatic carbocycles. The highest BCUT2D eigenvalue weighted by Gasteiger charge is 2.23.